The predicted molar refractivity (Wildman–Crippen MR) is 38.7 cm³/mol. The van der Waals surface area contributed by atoms with Gasteiger partial charge in [0.1, 0.15) is 9.85 Å². The lowest BCUT2D eigenvalue weighted by atomic mass is 10.0. The minimum Gasteiger partial charge on any atom is -0.314 e. The zero-order chi connectivity index (χ0) is 10.2. The lowest BCUT2D eigenvalue weighted by Crippen LogP contribution is -2.71. The van der Waals surface area contributed by atoms with Gasteiger partial charge in [-0.15, -0.1) is 0 Å². The lowest BCUT2D eigenvalue weighted by Gasteiger charge is -2.35. The van der Waals surface area contributed by atoms with E-state index in [-0.39, 0.29) is 0 Å². The summed E-state index contributed by atoms with van der Waals surface area (Å²) in [6.07, 6.45) is 0. The number of nitrogens with zero attached hydrogens (tertiary/aromatic N) is 3. The molecule has 0 bridgehead atoms. The third-order valence-electron chi connectivity index (χ3n) is 1.92. The van der Waals surface area contributed by atoms with Crippen molar-refractivity contribution in [3.8, 4) is 0 Å². The molecule has 0 N–H and O–H groups in total. The highest BCUT2D eigenvalue weighted by atomic mass is 16.7. The number of carbonyl (C=O) groups excluding carboxylic acids is 1. The number of hydrogen-bond acceptors (Lipinski definition) is 5. The van der Waals surface area contributed by atoms with E-state index >= 15 is 0 Å². The first kappa shape index (κ1) is 9.36. The fourth-order valence-corrected chi connectivity index (χ4v) is 1.04. The van der Waals surface area contributed by atoms with Gasteiger partial charge in [-0.3, -0.25) is 25.0 Å². The van der Waals surface area contributed by atoms with Gasteiger partial charge in [0.2, 0.25) is 5.91 Å². The average molecular weight is 188 g/mol. The summed E-state index contributed by atoms with van der Waals surface area (Å²) in [4.78, 5) is 30.2. The van der Waals surface area contributed by atoms with Gasteiger partial charge in [0.25, 0.3) is 0 Å². The molecule has 13 heavy (non-hydrogen) atoms. The van der Waals surface area contributed by atoms with E-state index in [9.17, 15) is 25.0 Å². The summed E-state index contributed by atoms with van der Waals surface area (Å²) in [6, 6.07) is 0. The molecule has 1 aliphatic rings. The van der Waals surface area contributed by atoms with Crippen LogP contribution in [0.2, 0.25) is 0 Å². The first-order valence-corrected chi connectivity index (χ1v) is 3.30. The first-order valence-electron chi connectivity index (χ1n) is 3.30. The molecule has 1 radical (unpaired) electrons. The normalized spacial score (nSPS) is 19.0. The maximum Gasteiger partial charge on any atom is 0.492 e. The van der Waals surface area contributed by atoms with Crippen molar-refractivity contribution in [2.24, 2.45) is 0 Å². The van der Waals surface area contributed by atoms with E-state index in [1.54, 1.807) is 0 Å². The summed E-state index contributed by atoms with van der Waals surface area (Å²) in [7, 11) is 0. The fourth-order valence-electron chi connectivity index (χ4n) is 1.04. The standard InChI is InChI=1S/C5H6N3O5/c1-4(9)6-2-5(3-6,7(10)11)8(12)13/h1-3H2. The van der Waals surface area contributed by atoms with Crippen LogP contribution in [0.25, 0.3) is 0 Å². The Labute approximate surface area is 72.4 Å². The summed E-state index contributed by atoms with van der Waals surface area (Å²) < 4.78 is 0. The molecule has 0 aromatic rings. The summed E-state index contributed by atoms with van der Waals surface area (Å²) in [6.45, 7) is 1.98. The Balaban J connectivity index is 2.75. The molecule has 1 aliphatic heterocycles. The van der Waals surface area contributed by atoms with Crippen molar-refractivity contribution in [1.82, 2.24) is 4.90 Å². The molecule has 8 nitrogen and oxygen atoms in total. The third kappa shape index (κ3) is 1.19. The zero-order valence-corrected chi connectivity index (χ0v) is 6.50. The van der Waals surface area contributed by atoms with Gasteiger partial charge in [-0.1, -0.05) is 0 Å². The van der Waals surface area contributed by atoms with Crippen molar-refractivity contribution < 1.29 is 14.6 Å². The summed E-state index contributed by atoms with van der Waals surface area (Å²) >= 11 is 0. The van der Waals surface area contributed by atoms with Gasteiger partial charge in [0.15, 0.2) is 13.1 Å². The molecular weight excluding hydrogens is 182 g/mol. The maximum atomic E-state index is 10.5. The minimum absolute atomic E-state index is 0.505. The fraction of sp³-hybridized carbons (Fsp3) is 0.600. The zero-order valence-electron chi connectivity index (χ0n) is 6.50. The van der Waals surface area contributed by atoms with Gasteiger partial charge in [-0.05, 0) is 0 Å². The molecule has 71 valence electrons. The summed E-state index contributed by atoms with van der Waals surface area (Å²) in [5, 5.41) is 20.6. The van der Waals surface area contributed by atoms with Crippen LogP contribution < -0.4 is 0 Å². The average Bonchev–Trinajstić information content (AvgIpc) is 1.80. The van der Waals surface area contributed by atoms with E-state index < -0.39 is 34.5 Å². The molecule has 0 atom stereocenters. The second kappa shape index (κ2) is 2.64. The van der Waals surface area contributed by atoms with Gasteiger partial charge >= 0.3 is 5.66 Å². The topological polar surface area (TPSA) is 107 Å². The molecule has 1 fully saturated rings. The van der Waals surface area contributed by atoms with Gasteiger partial charge < -0.3 is 4.90 Å². The van der Waals surface area contributed by atoms with Crippen LogP contribution in [-0.4, -0.2) is 39.4 Å². The van der Waals surface area contributed by atoms with Gasteiger partial charge in [0.05, 0.1) is 0 Å². The summed E-state index contributed by atoms with van der Waals surface area (Å²) in [5.41, 5.74) is -2.21. The second-order valence-corrected chi connectivity index (χ2v) is 2.75. The van der Waals surface area contributed by atoms with Crippen molar-refractivity contribution in [2.75, 3.05) is 13.1 Å². The van der Waals surface area contributed by atoms with Crippen LogP contribution in [0.1, 0.15) is 0 Å². The number of hydrogen-bond donors (Lipinski definition) is 0. The minimum atomic E-state index is -2.21. The highest BCUT2D eigenvalue weighted by Gasteiger charge is 2.67. The molecule has 1 saturated heterocycles. The molecule has 1 rings (SSSR count). The molecular formula is C5H6N3O5. The highest BCUT2D eigenvalue weighted by molar-refractivity contribution is 5.81. The van der Waals surface area contributed by atoms with Crippen LogP contribution in [0.4, 0.5) is 0 Å². The van der Waals surface area contributed by atoms with E-state index in [2.05, 4.69) is 6.92 Å². The smallest absolute Gasteiger partial charge is 0.314 e. The largest absolute Gasteiger partial charge is 0.492 e. The van der Waals surface area contributed by atoms with Crippen LogP contribution in [0, 0.1) is 27.2 Å². The molecule has 0 aliphatic carbocycles. The quantitative estimate of drug-likeness (QED) is 0.311. The number of nitro groups is 2. The van der Waals surface area contributed by atoms with Gasteiger partial charge in [0, 0.05) is 6.92 Å². The molecule has 1 amide bonds. The highest BCUT2D eigenvalue weighted by Crippen LogP contribution is 2.24. The second-order valence-electron chi connectivity index (χ2n) is 2.75. The number of amides is 1. The number of rotatable bonds is 2. The molecule has 8 heteroatoms. The Kier molecular flexibility index (Phi) is 1.90. The first-order chi connectivity index (χ1) is 5.90. The molecule has 0 aromatic heterocycles. The van der Waals surface area contributed by atoms with E-state index in [1.807, 2.05) is 0 Å². The Morgan fingerprint density at radius 1 is 1.31 bits per heavy atom. The van der Waals surface area contributed by atoms with E-state index in [4.69, 9.17) is 0 Å². The van der Waals surface area contributed by atoms with E-state index in [0.717, 1.165) is 4.90 Å². The maximum absolute atomic E-state index is 10.5. The SMILES string of the molecule is [CH2]C(=O)N1CC([N+](=O)[O-])([N+](=O)[O-])C1. The Bertz CT molecular complexity index is 266. The monoisotopic (exact) mass is 188 g/mol. The van der Waals surface area contributed by atoms with Gasteiger partial charge in [-0.2, -0.15) is 0 Å². The lowest BCUT2D eigenvalue weighted by molar-refractivity contribution is -0.809. The van der Waals surface area contributed by atoms with Crippen LogP contribution in [0.5, 0.6) is 0 Å². The summed E-state index contributed by atoms with van der Waals surface area (Å²) in [5.74, 6) is -0.640. The van der Waals surface area contributed by atoms with E-state index in [1.165, 1.54) is 0 Å². The van der Waals surface area contributed by atoms with Crippen LogP contribution in [0.15, 0.2) is 0 Å². The number of likely N-dealkylation sites (tertiary alicyclic amines) is 1. The predicted octanol–water partition coefficient (Wildman–Crippen LogP) is -1.09. The van der Waals surface area contributed by atoms with Crippen LogP contribution in [0.3, 0.4) is 0 Å². The van der Waals surface area contributed by atoms with Gasteiger partial charge in [-0.25, -0.2) is 0 Å². The van der Waals surface area contributed by atoms with Crippen LogP contribution in [-0.2, 0) is 4.79 Å². The van der Waals surface area contributed by atoms with E-state index in [0.29, 0.717) is 0 Å². The molecule has 0 spiro atoms. The number of carbonyl (C=O) groups is 1. The van der Waals surface area contributed by atoms with Crippen molar-refractivity contribution in [3.05, 3.63) is 27.2 Å². The van der Waals surface area contributed by atoms with Crippen molar-refractivity contribution in [2.45, 2.75) is 5.66 Å². The van der Waals surface area contributed by atoms with Crippen molar-refractivity contribution in [3.63, 3.8) is 0 Å². The Morgan fingerprint density at radius 2 is 1.69 bits per heavy atom. The van der Waals surface area contributed by atoms with Crippen molar-refractivity contribution in [1.29, 1.82) is 0 Å². The third-order valence-corrected chi connectivity index (χ3v) is 1.92. The Morgan fingerprint density at radius 3 is 1.92 bits per heavy atom. The molecule has 0 aromatic carbocycles. The molecule has 1 heterocycles. The Hall–Kier alpha value is -1.73. The van der Waals surface area contributed by atoms with Crippen molar-refractivity contribution >= 4 is 5.91 Å². The molecule has 0 unspecified atom stereocenters. The molecule has 0 saturated carbocycles. The van der Waals surface area contributed by atoms with Crippen LogP contribution >= 0.6 is 0 Å².